The first-order chi connectivity index (χ1) is 10.4. The van der Waals surface area contributed by atoms with Crippen LogP contribution in [-0.2, 0) is 10.3 Å². The van der Waals surface area contributed by atoms with Gasteiger partial charge in [-0.15, -0.1) is 0 Å². The first-order valence-electron chi connectivity index (χ1n) is 9.10. The van der Waals surface area contributed by atoms with Crippen LogP contribution in [0.4, 0.5) is 0 Å². The van der Waals surface area contributed by atoms with Gasteiger partial charge in [-0.2, -0.15) is 12.7 Å². The molecule has 1 N–H and O–H groups in total. The van der Waals surface area contributed by atoms with E-state index < -0.39 is 10.3 Å². The Bertz CT molecular complexity index is 342. The second-order valence-corrected chi connectivity index (χ2v) is 8.15. The monoisotopic (exact) mass is 335 g/mol. The zero-order chi connectivity index (χ0) is 16.8. The third kappa shape index (κ3) is 13.5. The normalized spacial score (nSPS) is 12.5. The minimum absolute atomic E-state index is 0.425. The summed E-state index contributed by atoms with van der Waals surface area (Å²) in [6, 6.07) is 0. The maximum Gasteiger partial charge on any atom is 0.335 e. The van der Waals surface area contributed by atoms with E-state index in [0.717, 1.165) is 25.7 Å². The highest BCUT2D eigenvalue weighted by atomic mass is 32.2. The Morgan fingerprint density at radius 1 is 0.818 bits per heavy atom. The Kier molecular flexibility index (Phi) is 13.2. The molecule has 0 atom stereocenters. The Morgan fingerprint density at radius 3 is 1.68 bits per heavy atom. The van der Waals surface area contributed by atoms with E-state index >= 15 is 0 Å². The first kappa shape index (κ1) is 21.9. The van der Waals surface area contributed by atoms with Crippen molar-refractivity contribution in [1.82, 2.24) is 4.31 Å². The topological polar surface area (TPSA) is 57.6 Å². The highest BCUT2D eigenvalue weighted by Crippen LogP contribution is 2.12. The van der Waals surface area contributed by atoms with Crippen LogP contribution in [-0.4, -0.2) is 30.4 Å². The van der Waals surface area contributed by atoms with Crippen LogP contribution in [0.25, 0.3) is 0 Å². The first-order valence-corrected chi connectivity index (χ1v) is 10.5. The lowest BCUT2D eigenvalue weighted by molar-refractivity contribution is 0.327. The number of hydrogen-bond donors (Lipinski definition) is 1. The summed E-state index contributed by atoms with van der Waals surface area (Å²) in [5, 5.41) is 0. The number of nitrogens with zero attached hydrogens (tertiary/aromatic N) is 1. The van der Waals surface area contributed by atoms with Crippen LogP contribution in [0.2, 0.25) is 0 Å². The van der Waals surface area contributed by atoms with Gasteiger partial charge in [-0.25, -0.2) is 0 Å². The van der Waals surface area contributed by atoms with Gasteiger partial charge in [0.1, 0.15) is 0 Å². The molecule has 5 heteroatoms. The predicted molar refractivity (Wildman–Crippen MR) is 94.4 cm³/mol. The van der Waals surface area contributed by atoms with E-state index in [0.29, 0.717) is 19.0 Å². The van der Waals surface area contributed by atoms with Gasteiger partial charge in [0.05, 0.1) is 0 Å². The zero-order valence-corrected chi connectivity index (χ0v) is 15.7. The number of hydrogen-bond acceptors (Lipinski definition) is 2. The lowest BCUT2D eigenvalue weighted by atomic mass is 10.1. The Hall–Kier alpha value is -0.130. The summed E-state index contributed by atoms with van der Waals surface area (Å²) in [5.41, 5.74) is 0. The molecule has 0 bridgehead atoms. The second-order valence-electron chi connectivity index (χ2n) is 6.74. The third-order valence-corrected chi connectivity index (χ3v) is 5.06. The molecule has 0 amide bonds. The van der Waals surface area contributed by atoms with Crippen molar-refractivity contribution in [2.24, 2.45) is 5.92 Å². The molecule has 22 heavy (non-hydrogen) atoms. The van der Waals surface area contributed by atoms with Crippen LogP contribution in [0.3, 0.4) is 0 Å². The zero-order valence-electron chi connectivity index (χ0n) is 14.9. The van der Waals surface area contributed by atoms with Gasteiger partial charge in [-0.05, 0) is 18.8 Å². The summed E-state index contributed by atoms with van der Waals surface area (Å²) >= 11 is 0. The molecular weight excluding hydrogens is 298 g/mol. The molecule has 0 aliphatic heterocycles. The molecule has 0 aromatic carbocycles. The van der Waals surface area contributed by atoms with Crippen molar-refractivity contribution in [2.45, 2.75) is 91.4 Å². The molecular formula is C17H37NO3S. The van der Waals surface area contributed by atoms with E-state index in [4.69, 9.17) is 0 Å². The van der Waals surface area contributed by atoms with Crippen molar-refractivity contribution in [1.29, 1.82) is 0 Å². The average Bonchev–Trinajstić information content (AvgIpc) is 2.42. The Balaban J connectivity index is 3.64. The van der Waals surface area contributed by atoms with Crippen LogP contribution < -0.4 is 0 Å². The number of unbranched alkanes of at least 4 members (excludes halogenated alkanes) is 9. The molecule has 0 unspecified atom stereocenters. The number of rotatable bonds is 15. The molecule has 134 valence electrons. The minimum Gasteiger partial charge on any atom is -0.273 e. The van der Waals surface area contributed by atoms with Crippen LogP contribution in [0.1, 0.15) is 91.4 Å². The van der Waals surface area contributed by atoms with Gasteiger partial charge < -0.3 is 0 Å². The van der Waals surface area contributed by atoms with Crippen LogP contribution in [0.15, 0.2) is 0 Å². The fourth-order valence-corrected chi connectivity index (χ4v) is 3.22. The molecule has 0 saturated heterocycles. The van der Waals surface area contributed by atoms with Crippen molar-refractivity contribution in [3.05, 3.63) is 0 Å². The molecule has 4 nitrogen and oxygen atoms in total. The summed E-state index contributed by atoms with van der Waals surface area (Å²) in [4.78, 5) is 0. The van der Waals surface area contributed by atoms with Gasteiger partial charge in [-0.1, -0.05) is 78.6 Å². The third-order valence-electron chi connectivity index (χ3n) is 4.04. The standard InChI is InChI=1S/C17H37NO3S/c1-4-5-6-7-8-9-10-11-12-13-15-18(22(19,20)21)16-14-17(2)3/h17H,4-16H2,1-3H3,(H,19,20,21). The molecule has 0 heterocycles. The summed E-state index contributed by atoms with van der Waals surface area (Å²) in [7, 11) is -4.04. The maximum atomic E-state index is 11.3. The average molecular weight is 336 g/mol. The van der Waals surface area contributed by atoms with Crippen molar-refractivity contribution in [2.75, 3.05) is 13.1 Å². The van der Waals surface area contributed by atoms with E-state index in [1.807, 2.05) is 0 Å². The van der Waals surface area contributed by atoms with E-state index in [1.165, 1.54) is 49.3 Å². The fraction of sp³-hybridized carbons (Fsp3) is 1.00. The molecule has 0 aliphatic rings. The van der Waals surface area contributed by atoms with Gasteiger partial charge in [-0.3, -0.25) is 4.55 Å². The molecule has 0 aliphatic carbocycles. The van der Waals surface area contributed by atoms with Crippen molar-refractivity contribution < 1.29 is 13.0 Å². The van der Waals surface area contributed by atoms with Crippen molar-refractivity contribution in [3.63, 3.8) is 0 Å². The largest absolute Gasteiger partial charge is 0.335 e. The van der Waals surface area contributed by atoms with Gasteiger partial charge >= 0.3 is 10.3 Å². The van der Waals surface area contributed by atoms with Gasteiger partial charge in [0.15, 0.2) is 0 Å². The summed E-state index contributed by atoms with van der Waals surface area (Å²) in [6.07, 6.45) is 13.0. The van der Waals surface area contributed by atoms with Crippen LogP contribution in [0, 0.1) is 5.92 Å². The summed E-state index contributed by atoms with van der Waals surface area (Å²) in [6.45, 7) is 7.22. The lowest BCUT2D eigenvalue weighted by Gasteiger charge is -2.19. The van der Waals surface area contributed by atoms with Gasteiger partial charge in [0.2, 0.25) is 0 Å². The van der Waals surface area contributed by atoms with Crippen LogP contribution in [0.5, 0.6) is 0 Å². The van der Waals surface area contributed by atoms with Gasteiger partial charge in [0.25, 0.3) is 0 Å². The van der Waals surface area contributed by atoms with E-state index in [1.54, 1.807) is 0 Å². The summed E-state index contributed by atoms with van der Waals surface area (Å²) < 4.78 is 33.1. The molecule has 0 radical (unpaired) electrons. The highest BCUT2D eigenvalue weighted by molar-refractivity contribution is 7.83. The molecule has 0 aromatic rings. The van der Waals surface area contributed by atoms with E-state index in [2.05, 4.69) is 20.8 Å². The molecule has 0 spiro atoms. The quantitative estimate of drug-likeness (QED) is 0.336. The fourth-order valence-electron chi connectivity index (χ4n) is 2.52. The Labute approximate surface area is 138 Å². The predicted octanol–water partition coefficient (Wildman–Crippen LogP) is 5.06. The Morgan fingerprint density at radius 2 is 1.27 bits per heavy atom. The van der Waals surface area contributed by atoms with E-state index in [-0.39, 0.29) is 0 Å². The van der Waals surface area contributed by atoms with Gasteiger partial charge in [0, 0.05) is 13.1 Å². The molecule has 0 saturated carbocycles. The second kappa shape index (κ2) is 13.3. The van der Waals surface area contributed by atoms with E-state index in [9.17, 15) is 13.0 Å². The SMILES string of the molecule is CCCCCCCCCCCCN(CCC(C)C)S(=O)(=O)O. The minimum atomic E-state index is -4.04. The lowest BCUT2D eigenvalue weighted by Crippen LogP contribution is -2.33. The maximum absolute atomic E-state index is 11.3. The van der Waals surface area contributed by atoms with Crippen LogP contribution >= 0.6 is 0 Å². The molecule has 0 aromatic heterocycles. The summed E-state index contributed by atoms with van der Waals surface area (Å²) in [5.74, 6) is 0.442. The smallest absolute Gasteiger partial charge is 0.273 e. The molecule has 0 rings (SSSR count). The highest BCUT2D eigenvalue weighted by Gasteiger charge is 2.18. The van der Waals surface area contributed by atoms with Crippen molar-refractivity contribution in [3.8, 4) is 0 Å². The molecule has 0 fully saturated rings. The van der Waals surface area contributed by atoms with Crippen molar-refractivity contribution >= 4 is 10.3 Å².